The van der Waals surface area contributed by atoms with Crippen LogP contribution in [-0.4, -0.2) is 7.11 Å². The van der Waals surface area contributed by atoms with Gasteiger partial charge in [0.15, 0.2) is 0 Å². The Labute approximate surface area is 120 Å². The van der Waals surface area contributed by atoms with Gasteiger partial charge in [-0.2, -0.15) is 8.78 Å². The normalized spacial score (nSPS) is 18.9. The van der Waals surface area contributed by atoms with Gasteiger partial charge in [0, 0.05) is 7.11 Å². The van der Waals surface area contributed by atoms with Crippen LogP contribution < -0.4 is 0 Å². The molecular weight excluding hydrogens is 258 g/mol. The summed E-state index contributed by atoms with van der Waals surface area (Å²) >= 11 is 0. The van der Waals surface area contributed by atoms with E-state index in [1.165, 1.54) is 37.3 Å². The van der Waals surface area contributed by atoms with Gasteiger partial charge >= 0.3 is 6.11 Å². The topological polar surface area (TPSA) is 9.23 Å². The minimum absolute atomic E-state index is 0.0248. The minimum Gasteiger partial charge on any atom is -0.320 e. The van der Waals surface area contributed by atoms with Gasteiger partial charge in [0.1, 0.15) is 0 Å². The van der Waals surface area contributed by atoms with E-state index in [1.807, 2.05) is 6.07 Å². The average Bonchev–Trinajstić information content (AvgIpc) is 2.47. The average molecular weight is 282 g/mol. The van der Waals surface area contributed by atoms with Crippen molar-refractivity contribution in [2.75, 3.05) is 7.11 Å². The quantitative estimate of drug-likeness (QED) is 0.662. The Morgan fingerprint density at radius 3 is 2.75 bits per heavy atom. The summed E-state index contributed by atoms with van der Waals surface area (Å²) in [5.74, 6) is 0.725. The smallest absolute Gasteiger partial charge is 0.320 e. The Kier molecular flexibility index (Phi) is 5.14. The first-order chi connectivity index (χ1) is 9.56. The van der Waals surface area contributed by atoms with E-state index in [2.05, 4.69) is 11.7 Å². The van der Waals surface area contributed by atoms with Crippen molar-refractivity contribution in [2.24, 2.45) is 5.92 Å². The van der Waals surface area contributed by atoms with Crippen LogP contribution in [0.1, 0.15) is 55.7 Å². The molecular formula is C17H24F2O. The first-order valence-electron chi connectivity index (χ1n) is 7.62. The zero-order valence-electron chi connectivity index (χ0n) is 12.4. The number of hydrogen-bond donors (Lipinski definition) is 0. The van der Waals surface area contributed by atoms with Crippen LogP contribution in [0.15, 0.2) is 18.2 Å². The molecule has 20 heavy (non-hydrogen) atoms. The van der Waals surface area contributed by atoms with Gasteiger partial charge in [0.2, 0.25) is 0 Å². The van der Waals surface area contributed by atoms with E-state index < -0.39 is 6.11 Å². The van der Waals surface area contributed by atoms with Crippen molar-refractivity contribution < 1.29 is 13.5 Å². The highest BCUT2D eigenvalue weighted by Gasteiger charge is 2.32. The molecule has 1 aromatic carbocycles. The maximum Gasteiger partial charge on any atom is 0.383 e. The van der Waals surface area contributed by atoms with Crippen LogP contribution in [0.5, 0.6) is 0 Å². The molecule has 1 atom stereocenters. The molecule has 1 nitrogen and oxygen atoms in total. The summed E-state index contributed by atoms with van der Waals surface area (Å²) in [4.78, 5) is 0. The fourth-order valence-electron chi connectivity index (χ4n) is 3.06. The Morgan fingerprint density at radius 2 is 2.05 bits per heavy atom. The Morgan fingerprint density at radius 1 is 1.25 bits per heavy atom. The number of fused-ring (bicyclic) bond motifs is 1. The van der Waals surface area contributed by atoms with Gasteiger partial charge in [0.25, 0.3) is 0 Å². The van der Waals surface area contributed by atoms with Crippen molar-refractivity contribution in [1.82, 2.24) is 0 Å². The van der Waals surface area contributed by atoms with E-state index in [4.69, 9.17) is 0 Å². The van der Waals surface area contributed by atoms with E-state index in [1.54, 1.807) is 6.07 Å². The molecule has 0 radical (unpaired) electrons. The molecule has 2 rings (SSSR count). The molecule has 1 aliphatic carbocycles. The molecule has 0 saturated heterocycles. The van der Waals surface area contributed by atoms with Gasteiger partial charge in [0.05, 0.1) is 5.56 Å². The summed E-state index contributed by atoms with van der Waals surface area (Å²) in [6, 6.07) is 5.00. The molecule has 1 aliphatic rings. The lowest BCUT2D eigenvalue weighted by Crippen LogP contribution is -2.19. The lowest BCUT2D eigenvalue weighted by Gasteiger charge is -2.26. The summed E-state index contributed by atoms with van der Waals surface area (Å²) in [6.45, 7) is 2.22. The monoisotopic (exact) mass is 282 g/mol. The van der Waals surface area contributed by atoms with Crippen LogP contribution in [0, 0.1) is 5.92 Å². The second kappa shape index (κ2) is 6.66. The highest BCUT2D eigenvalue weighted by atomic mass is 19.3. The maximum atomic E-state index is 13.5. The van der Waals surface area contributed by atoms with Crippen molar-refractivity contribution in [3.8, 4) is 0 Å². The van der Waals surface area contributed by atoms with Crippen molar-refractivity contribution in [3.63, 3.8) is 0 Å². The zero-order valence-corrected chi connectivity index (χ0v) is 12.4. The van der Waals surface area contributed by atoms with E-state index >= 15 is 0 Å². The fraction of sp³-hybridized carbons (Fsp3) is 0.647. The van der Waals surface area contributed by atoms with Gasteiger partial charge < -0.3 is 4.74 Å². The van der Waals surface area contributed by atoms with Gasteiger partial charge in [-0.05, 0) is 42.4 Å². The van der Waals surface area contributed by atoms with Crippen LogP contribution in [0.4, 0.5) is 8.78 Å². The molecule has 0 amide bonds. The second-order valence-electron chi connectivity index (χ2n) is 5.81. The van der Waals surface area contributed by atoms with Crippen molar-refractivity contribution in [3.05, 3.63) is 34.9 Å². The standard InChI is InChI=1S/C17H24F2O/c1-3-4-5-6-13-7-8-15-12-16(17(18,19)20-2)10-9-14(15)11-13/h9-10,12-13H,3-8,11H2,1-2H3. The van der Waals surface area contributed by atoms with Gasteiger partial charge in [-0.3, -0.25) is 0 Å². The van der Waals surface area contributed by atoms with Gasteiger partial charge in [-0.25, -0.2) is 0 Å². The van der Waals surface area contributed by atoms with Crippen LogP contribution in [0.25, 0.3) is 0 Å². The van der Waals surface area contributed by atoms with E-state index in [-0.39, 0.29) is 5.56 Å². The lowest BCUT2D eigenvalue weighted by molar-refractivity contribution is -0.231. The zero-order chi connectivity index (χ0) is 14.6. The first kappa shape index (κ1) is 15.4. The van der Waals surface area contributed by atoms with E-state index in [9.17, 15) is 8.78 Å². The van der Waals surface area contributed by atoms with Crippen LogP contribution in [-0.2, 0) is 23.7 Å². The second-order valence-corrected chi connectivity index (χ2v) is 5.81. The number of aryl methyl sites for hydroxylation is 1. The molecule has 0 N–H and O–H groups in total. The molecule has 1 unspecified atom stereocenters. The molecule has 0 aromatic heterocycles. The number of halogens is 2. The Hall–Kier alpha value is -0.960. The largest absolute Gasteiger partial charge is 0.383 e. The highest BCUT2D eigenvalue weighted by Crippen LogP contribution is 2.34. The third-order valence-electron chi connectivity index (χ3n) is 4.35. The molecule has 0 heterocycles. The minimum atomic E-state index is -3.17. The number of hydrogen-bond acceptors (Lipinski definition) is 1. The molecule has 1 aromatic rings. The van der Waals surface area contributed by atoms with E-state index in [0.717, 1.165) is 37.9 Å². The van der Waals surface area contributed by atoms with Crippen molar-refractivity contribution >= 4 is 0 Å². The molecule has 0 aliphatic heterocycles. The lowest BCUT2D eigenvalue weighted by atomic mass is 9.81. The molecule has 112 valence electrons. The summed E-state index contributed by atoms with van der Waals surface area (Å²) < 4.78 is 31.3. The highest BCUT2D eigenvalue weighted by molar-refractivity contribution is 5.35. The summed E-state index contributed by atoms with van der Waals surface area (Å²) in [7, 11) is 1.04. The van der Waals surface area contributed by atoms with Gasteiger partial charge in [-0.1, -0.05) is 44.7 Å². The predicted molar refractivity (Wildman–Crippen MR) is 77.0 cm³/mol. The number of rotatable bonds is 6. The van der Waals surface area contributed by atoms with Crippen LogP contribution in [0.3, 0.4) is 0 Å². The van der Waals surface area contributed by atoms with E-state index in [0.29, 0.717) is 0 Å². The third-order valence-corrected chi connectivity index (χ3v) is 4.35. The van der Waals surface area contributed by atoms with Crippen LogP contribution >= 0.6 is 0 Å². The number of methoxy groups -OCH3 is 1. The Balaban J connectivity index is 2.04. The number of ether oxygens (including phenoxy) is 1. The van der Waals surface area contributed by atoms with Crippen LogP contribution in [0.2, 0.25) is 0 Å². The molecule has 0 saturated carbocycles. The van der Waals surface area contributed by atoms with Crippen molar-refractivity contribution in [1.29, 1.82) is 0 Å². The SMILES string of the molecule is CCCCCC1CCc2cc(C(F)(F)OC)ccc2C1. The first-order valence-corrected chi connectivity index (χ1v) is 7.62. The summed E-state index contributed by atoms with van der Waals surface area (Å²) in [5.41, 5.74) is 2.29. The molecule has 0 spiro atoms. The third kappa shape index (κ3) is 3.57. The Bertz CT molecular complexity index is 443. The maximum absolute atomic E-state index is 13.5. The van der Waals surface area contributed by atoms with Gasteiger partial charge in [-0.15, -0.1) is 0 Å². The predicted octanol–water partition coefficient (Wildman–Crippen LogP) is 5.07. The van der Waals surface area contributed by atoms with Crippen molar-refractivity contribution in [2.45, 2.75) is 58.0 Å². The number of benzene rings is 1. The summed E-state index contributed by atoms with van der Waals surface area (Å²) in [5, 5.41) is 0. The fourth-order valence-corrected chi connectivity index (χ4v) is 3.06. The molecule has 3 heteroatoms. The number of alkyl halides is 2. The molecule has 0 fully saturated rings. The summed E-state index contributed by atoms with van der Waals surface area (Å²) in [6.07, 6.45) is 5.00. The number of unbranched alkanes of at least 4 members (excludes halogenated alkanes) is 2. The molecule has 0 bridgehead atoms.